The van der Waals surface area contributed by atoms with E-state index >= 15 is 0 Å². The van der Waals surface area contributed by atoms with Crippen molar-refractivity contribution in [2.75, 3.05) is 6.54 Å². The number of rotatable bonds is 5. The van der Waals surface area contributed by atoms with Gasteiger partial charge in [-0.3, -0.25) is 9.59 Å². The molecule has 2 aliphatic rings. The predicted octanol–water partition coefficient (Wildman–Crippen LogP) is 2.95. The molecule has 2 aromatic rings. The molecule has 4 rings (SSSR count). The molecule has 1 aliphatic carbocycles. The summed E-state index contributed by atoms with van der Waals surface area (Å²) >= 11 is 1.62. The number of β-amino-alcohol motifs (C(OH)–C–C–N with tert-alkyl or cyclic N) is 1. The van der Waals surface area contributed by atoms with Crippen LogP contribution in [0.15, 0.2) is 29.8 Å². The van der Waals surface area contributed by atoms with Gasteiger partial charge in [0, 0.05) is 13.0 Å². The molecule has 1 saturated heterocycles. The van der Waals surface area contributed by atoms with Crippen LogP contribution in [0.25, 0.3) is 10.4 Å². The van der Waals surface area contributed by atoms with E-state index in [9.17, 15) is 14.7 Å². The maximum Gasteiger partial charge on any atom is 0.243 e. The van der Waals surface area contributed by atoms with Gasteiger partial charge in [-0.2, -0.15) is 0 Å². The van der Waals surface area contributed by atoms with E-state index in [1.807, 2.05) is 33.2 Å². The lowest BCUT2D eigenvalue weighted by atomic mass is 9.71. The van der Waals surface area contributed by atoms with E-state index in [1.165, 1.54) is 4.90 Å². The minimum atomic E-state index is -0.737. The fourth-order valence-electron chi connectivity index (χ4n) is 4.71. The maximum absolute atomic E-state index is 13.4. The zero-order valence-corrected chi connectivity index (χ0v) is 20.6. The Morgan fingerprint density at radius 2 is 1.94 bits per heavy atom. The average Bonchev–Trinajstić information content (AvgIpc) is 3.34. The highest BCUT2D eigenvalue weighted by atomic mass is 32.1. The SMILES string of the molecule is Cc1ncsc1-c1ccc(C2(NC(=O)[C@@H]3C[C@@H](O)CN3C(=O)C(N)C(C)(C)C)CCC2)cc1. The Kier molecular flexibility index (Phi) is 6.37. The van der Waals surface area contributed by atoms with Crippen LogP contribution in [0.4, 0.5) is 0 Å². The molecule has 8 heteroatoms. The van der Waals surface area contributed by atoms with Gasteiger partial charge in [0.1, 0.15) is 6.04 Å². The van der Waals surface area contributed by atoms with E-state index in [2.05, 4.69) is 34.6 Å². The van der Waals surface area contributed by atoms with Crippen LogP contribution in [0.1, 0.15) is 57.7 Å². The fraction of sp³-hybridized carbons (Fsp3) is 0.560. The van der Waals surface area contributed by atoms with Gasteiger partial charge in [0.25, 0.3) is 0 Å². The molecule has 0 spiro atoms. The van der Waals surface area contributed by atoms with E-state index in [-0.39, 0.29) is 24.8 Å². The number of carbonyl (C=O) groups is 2. The van der Waals surface area contributed by atoms with Crippen LogP contribution < -0.4 is 11.1 Å². The van der Waals surface area contributed by atoms with Gasteiger partial charge in [0.2, 0.25) is 11.8 Å². The molecule has 7 nitrogen and oxygen atoms in total. The Balaban J connectivity index is 1.52. The first-order valence-electron chi connectivity index (χ1n) is 11.6. The summed E-state index contributed by atoms with van der Waals surface area (Å²) in [5.41, 5.74) is 10.4. The highest BCUT2D eigenvalue weighted by Crippen LogP contribution is 2.42. The first-order valence-corrected chi connectivity index (χ1v) is 12.5. The summed E-state index contributed by atoms with van der Waals surface area (Å²) in [6.45, 7) is 7.84. The number of nitrogens with one attached hydrogen (secondary N) is 1. The van der Waals surface area contributed by atoms with E-state index < -0.39 is 29.1 Å². The Hall–Kier alpha value is -2.29. The Labute approximate surface area is 199 Å². The van der Waals surface area contributed by atoms with Crippen molar-refractivity contribution in [3.63, 3.8) is 0 Å². The molecule has 2 amide bonds. The molecule has 2 fully saturated rings. The van der Waals surface area contributed by atoms with Crippen molar-refractivity contribution in [2.24, 2.45) is 11.1 Å². The molecule has 1 unspecified atom stereocenters. The number of hydrogen-bond acceptors (Lipinski definition) is 6. The molecule has 0 bridgehead atoms. The first-order chi connectivity index (χ1) is 15.5. The van der Waals surface area contributed by atoms with Crippen LogP contribution in [-0.2, 0) is 15.1 Å². The predicted molar refractivity (Wildman–Crippen MR) is 130 cm³/mol. The van der Waals surface area contributed by atoms with Gasteiger partial charge in [-0.1, -0.05) is 45.0 Å². The number of aryl methyl sites for hydroxylation is 1. The minimum Gasteiger partial charge on any atom is -0.391 e. The number of amides is 2. The zero-order chi connectivity index (χ0) is 24.0. The van der Waals surface area contributed by atoms with Gasteiger partial charge in [0.15, 0.2) is 0 Å². The molecule has 4 N–H and O–H groups in total. The zero-order valence-electron chi connectivity index (χ0n) is 19.8. The van der Waals surface area contributed by atoms with Gasteiger partial charge in [-0.05, 0) is 42.7 Å². The molecule has 178 valence electrons. The van der Waals surface area contributed by atoms with E-state index in [4.69, 9.17) is 5.73 Å². The van der Waals surface area contributed by atoms with Crippen LogP contribution in [0.2, 0.25) is 0 Å². The largest absolute Gasteiger partial charge is 0.391 e. The smallest absolute Gasteiger partial charge is 0.243 e. The standard InChI is InChI=1S/C25H34N4O3S/c1-15-20(33-14-27-15)16-6-8-17(9-7-16)25(10-5-11-25)28-22(31)19-12-18(30)13-29(19)23(32)21(26)24(2,3)4/h6-9,14,18-19,21,30H,5,10-13,26H2,1-4H3,(H,28,31)/t18-,19+,21?/m1/s1. The molecular formula is C25H34N4O3S. The van der Waals surface area contributed by atoms with Crippen LogP contribution in [0.3, 0.4) is 0 Å². The third kappa shape index (κ3) is 4.56. The Morgan fingerprint density at radius 3 is 2.45 bits per heavy atom. The van der Waals surface area contributed by atoms with Gasteiger partial charge < -0.3 is 21.1 Å². The Bertz CT molecular complexity index is 1020. The summed E-state index contributed by atoms with van der Waals surface area (Å²) in [4.78, 5) is 33.4. The van der Waals surface area contributed by atoms with Crippen LogP contribution in [-0.4, -0.2) is 51.5 Å². The van der Waals surface area contributed by atoms with Crippen molar-refractivity contribution < 1.29 is 14.7 Å². The summed E-state index contributed by atoms with van der Waals surface area (Å²) < 4.78 is 0. The van der Waals surface area contributed by atoms with Gasteiger partial charge in [-0.15, -0.1) is 11.3 Å². The minimum absolute atomic E-state index is 0.136. The quantitative estimate of drug-likeness (QED) is 0.623. The summed E-state index contributed by atoms with van der Waals surface area (Å²) in [5, 5.41) is 13.5. The van der Waals surface area contributed by atoms with Crippen molar-refractivity contribution in [3.8, 4) is 10.4 Å². The highest BCUT2D eigenvalue weighted by Gasteiger charge is 2.46. The molecule has 2 heterocycles. The average molecular weight is 471 g/mol. The number of nitrogens with zero attached hydrogens (tertiary/aromatic N) is 2. The topological polar surface area (TPSA) is 109 Å². The first kappa shape index (κ1) is 23.9. The van der Waals surface area contributed by atoms with E-state index in [1.54, 1.807) is 11.3 Å². The molecule has 0 radical (unpaired) electrons. The summed E-state index contributed by atoms with van der Waals surface area (Å²) in [6.07, 6.45) is 2.23. The summed E-state index contributed by atoms with van der Waals surface area (Å²) in [5.74, 6) is -0.505. The number of thiazole rings is 1. The van der Waals surface area contributed by atoms with Crippen molar-refractivity contribution in [1.29, 1.82) is 0 Å². The monoisotopic (exact) mass is 470 g/mol. The normalized spacial score (nSPS) is 23.2. The number of carbonyl (C=O) groups excluding carboxylic acids is 2. The second-order valence-electron chi connectivity index (χ2n) is 10.5. The lowest BCUT2D eigenvalue weighted by molar-refractivity contribution is -0.142. The van der Waals surface area contributed by atoms with Crippen LogP contribution in [0.5, 0.6) is 0 Å². The molecule has 3 atom stereocenters. The lowest BCUT2D eigenvalue weighted by Crippen LogP contribution is -2.58. The maximum atomic E-state index is 13.4. The lowest BCUT2D eigenvalue weighted by Gasteiger charge is -2.44. The second-order valence-corrected chi connectivity index (χ2v) is 11.4. The van der Waals surface area contributed by atoms with Crippen molar-refractivity contribution in [3.05, 3.63) is 41.0 Å². The number of aromatic nitrogens is 1. The van der Waals surface area contributed by atoms with Crippen LogP contribution >= 0.6 is 11.3 Å². The van der Waals surface area contributed by atoms with Crippen molar-refractivity contribution in [1.82, 2.24) is 15.2 Å². The van der Waals surface area contributed by atoms with Gasteiger partial charge >= 0.3 is 0 Å². The number of likely N-dealkylation sites (tertiary alicyclic amines) is 1. The van der Waals surface area contributed by atoms with Crippen LogP contribution in [0, 0.1) is 12.3 Å². The number of benzene rings is 1. The molecule has 1 aliphatic heterocycles. The number of aliphatic hydroxyl groups is 1. The molecule has 33 heavy (non-hydrogen) atoms. The highest BCUT2D eigenvalue weighted by molar-refractivity contribution is 7.13. The molecule has 1 aromatic carbocycles. The van der Waals surface area contributed by atoms with E-state index in [0.717, 1.165) is 41.0 Å². The summed E-state index contributed by atoms with van der Waals surface area (Å²) in [7, 11) is 0. The summed E-state index contributed by atoms with van der Waals surface area (Å²) in [6, 6.07) is 6.88. The molecular weight excluding hydrogens is 436 g/mol. The third-order valence-corrected chi connectivity index (χ3v) is 8.06. The van der Waals surface area contributed by atoms with E-state index in [0.29, 0.717) is 0 Å². The number of aliphatic hydroxyl groups excluding tert-OH is 1. The number of nitrogens with two attached hydrogens (primary N) is 1. The van der Waals surface area contributed by atoms with Crippen molar-refractivity contribution in [2.45, 2.75) is 77.1 Å². The third-order valence-electron chi connectivity index (χ3n) is 7.08. The van der Waals surface area contributed by atoms with Crippen molar-refractivity contribution >= 4 is 23.2 Å². The Morgan fingerprint density at radius 1 is 1.27 bits per heavy atom. The van der Waals surface area contributed by atoms with Gasteiger partial charge in [0.05, 0.1) is 33.8 Å². The number of hydrogen-bond donors (Lipinski definition) is 3. The molecule has 1 aromatic heterocycles. The van der Waals surface area contributed by atoms with Gasteiger partial charge in [-0.25, -0.2) is 4.98 Å². The fourth-order valence-corrected chi connectivity index (χ4v) is 5.52. The second kappa shape index (κ2) is 8.81. The molecule has 1 saturated carbocycles.